The monoisotopic (exact) mass is 265 g/mol. The van der Waals surface area contributed by atoms with Crippen LogP contribution in [-0.4, -0.2) is 14.1 Å². The molecule has 0 saturated carbocycles. The zero-order chi connectivity index (χ0) is 5.41. The summed E-state index contributed by atoms with van der Waals surface area (Å²) in [7, 11) is 3.50. The van der Waals surface area contributed by atoms with Crippen LogP contribution >= 0.6 is 0 Å². The summed E-state index contributed by atoms with van der Waals surface area (Å²) < 4.78 is 0. The summed E-state index contributed by atoms with van der Waals surface area (Å²) in [6.07, 6.45) is 2.00. The first-order valence-electron chi connectivity index (χ1n) is 2.05. The first-order valence-corrected chi connectivity index (χ1v) is 2.05. The first kappa shape index (κ1) is 22.5. The van der Waals surface area contributed by atoms with Gasteiger partial charge in [0.25, 0.3) is 0 Å². The molecule has 0 fully saturated rings. The normalized spacial score (nSPS) is 4.50. The molecule has 0 aromatic carbocycles. The molecule has 0 unspecified atom stereocenters. The Labute approximate surface area is 104 Å². The maximum Gasteiger partial charge on any atom is 0 e. The summed E-state index contributed by atoms with van der Waals surface area (Å²) in [5.41, 5.74) is 0. The molecular weight excluding hydrogens is 252 g/mol. The Balaban J connectivity index is -0.0000000160. The van der Waals surface area contributed by atoms with Gasteiger partial charge in [0.1, 0.15) is 0 Å². The van der Waals surface area contributed by atoms with E-state index in [9.17, 15) is 0 Å². The van der Waals surface area contributed by atoms with Gasteiger partial charge < -0.3 is 11.7 Å². The smallest absolute Gasteiger partial charge is 0 e. The molecule has 0 atom stereocenters. The Morgan fingerprint density at radius 1 is 1.00 bits per heavy atom. The summed E-state index contributed by atoms with van der Waals surface area (Å²) in [6, 6.07) is 0. The van der Waals surface area contributed by atoms with Crippen molar-refractivity contribution in [3.63, 3.8) is 0 Å². The van der Waals surface area contributed by atoms with E-state index in [1.807, 2.05) is 20.3 Å². The minimum Gasteiger partial charge on any atom is -0.668 e. The van der Waals surface area contributed by atoms with Gasteiger partial charge in [0.2, 0.25) is 0 Å². The van der Waals surface area contributed by atoms with E-state index in [0.29, 0.717) is 0 Å². The predicted octanol–water partition coefficient (Wildman–Crippen LogP) is 1.85. The Hall–Kier alpha value is 2.17. The molecule has 0 aliphatic heterocycles. The van der Waals surface area contributed by atoms with Crippen molar-refractivity contribution in [3.05, 3.63) is 11.7 Å². The van der Waals surface area contributed by atoms with Crippen LogP contribution in [0.5, 0.6) is 0 Å². The molecule has 0 amide bonds. The van der Waals surface area contributed by atoms with E-state index in [-0.39, 0.29) is 65.4 Å². The molecular formula is C5H13NY2-2. The molecule has 0 spiro atoms. The predicted molar refractivity (Wildman–Crippen MR) is 30.9 cm³/mol. The fraction of sp³-hybridized carbons (Fsp3) is 0.800. The molecule has 0 aliphatic carbocycles. The quantitative estimate of drug-likeness (QED) is 0.593. The minimum atomic E-state index is 0. The zero-order valence-corrected chi connectivity index (χ0v) is 11.9. The number of nitrogens with zero attached hydrogens (tertiary/aromatic N) is 1. The summed E-state index contributed by atoms with van der Waals surface area (Å²) in [5.74, 6) is 0. The van der Waals surface area contributed by atoms with Gasteiger partial charge in [-0.25, -0.2) is 0 Å². The van der Waals surface area contributed by atoms with Crippen molar-refractivity contribution < 1.29 is 65.4 Å². The Kier molecular flexibility index (Phi) is 98.9. The van der Waals surface area contributed by atoms with Crippen molar-refractivity contribution in [2.45, 2.75) is 13.8 Å². The fourth-order valence-corrected chi connectivity index (χ4v) is 0. The second kappa shape index (κ2) is 35.2. The van der Waals surface area contributed by atoms with Gasteiger partial charge >= 0.3 is 0 Å². The summed E-state index contributed by atoms with van der Waals surface area (Å²) in [5, 5.41) is 3.50. The van der Waals surface area contributed by atoms with Gasteiger partial charge in [-0.15, -0.1) is 0 Å². The van der Waals surface area contributed by atoms with Gasteiger partial charge in [-0.05, 0) is 0 Å². The topological polar surface area (TPSA) is 14.1 Å². The first-order chi connectivity index (χ1) is 2.83. The summed E-state index contributed by atoms with van der Waals surface area (Å²) in [6.45, 7) is 4.00. The van der Waals surface area contributed by atoms with Crippen LogP contribution in [0.2, 0.25) is 0 Å². The maximum atomic E-state index is 3.50. The maximum absolute atomic E-state index is 3.50. The van der Waals surface area contributed by atoms with Gasteiger partial charge in [0.05, 0.1) is 0 Å². The van der Waals surface area contributed by atoms with Gasteiger partial charge in [-0.2, -0.15) is 27.9 Å². The summed E-state index contributed by atoms with van der Waals surface area (Å²) >= 11 is 0. The van der Waals surface area contributed by atoms with E-state index in [2.05, 4.69) is 5.32 Å². The van der Waals surface area contributed by atoms with Crippen molar-refractivity contribution in [1.29, 1.82) is 0 Å². The third-order valence-electron chi connectivity index (χ3n) is 0. The third-order valence-corrected chi connectivity index (χ3v) is 0. The van der Waals surface area contributed by atoms with Crippen LogP contribution in [0.3, 0.4) is 0 Å². The number of hydrogen-bond acceptors (Lipinski definition) is 0. The zero-order valence-electron chi connectivity index (χ0n) is 6.18. The van der Waals surface area contributed by atoms with E-state index >= 15 is 0 Å². The molecule has 0 aromatic heterocycles. The molecule has 8 heavy (non-hydrogen) atoms. The Morgan fingerprint density at radius 3 is 1.00 bits per heavy atom. The average Bonchev–Trinajstić information content (AvgIpc) is 1.39. The van der Waals surface area contributed by atoms with E-state index < -0.39 is 0 Å². The molecule has 0 aliphatic rings. The average molecular weight is 265 g/mol. The molecule has 3 heteroatoms. The van der Waals surface area contributed by atoms with Crippen molar-refractivity contribution in [2.75, 3.05) is 14.1 Å². The molecule has 0 saturated heterocycles. The molecule has 2 radical (unpaired) electrons. The molecule has 1 nitrogen and oxygen atoms in total. The van der Waals surface area contributed by atoms with Crippen LogP contribution in [0, 0.1) is 6.42 Å². The van der Waals surface area contributed by atoms with E-state index in [4.69, 9.17) is 0 Å². The van der Waals surface area contributed by atoms with Crippen LogP contribution in [0.4, 0.5) is 0 Å². The van der Waals surface area contributed by atoms with Crippen LogP contribution in [0.15, 0.2) is 0 Å². The molecule has 0 aromatic rings. The van der Waals surface area contributed by atoms with Gasteiger partial charge in [-0.3, -0.25) is 0 Å². The van der Waals surface area contributed by atoms with Crippen LogP contribution in [0.25, 0.3) is 5.32 Å². The van der Waals surface area contributed by atoms with E-state index in [1.54, 1.807) is 14.1 Å². The van der Waals surface area contributed by atoms with E-state index in [1.165, 1.54) is 0 Å². The van der Waals surface area contributed by atoms with Crippen molar-refractivity contribution in [1.82, 2.24) is 0 Å². The molecule has 0 bridgehead atoms. The van der Waals surface area contributed by atoms with E-state index in [0.717, 1.165) is 0 Å². The van der Waals surface area contributed by atoms with Crippen LogP contribution < -0.4 is 0 Å². The molecule has 46 valence electrons. The number of hydrogen-bond donors (Lipinski definition) is 0. The molecule has 0 rings (SSSR count). The SMILES string of the molecule is C[CH-]C.C[N-]C.[Y].[Y]. The fourth-order valence-electron chi connectivity index (χ4n) is 0. The molecule has 0 N–H and O–H groups in total. The standard InChI is InChI=1S/C3H7.C2H6N.2Y/c2*1-3-2;;/h3H,1-2H3;1-2H3;;/q2*-1;;. The van der Waals surface area contributed by atoms with Gasteiger partial charge in [0.15, 0.2) is 0 Å². The Bertz CT molecular complexity index is 12.4. The minimum absolute atomic E-state index is 0. The largest absolute Gasteiger partial charge is 0.668 e. The van der Waals surface area contributed by atoms with Crippen molar-refractivity contribution in [2.24, 2.45) is 0 Å². The van der Waals surface area contributed by atoms with Crippen LogP contribution in [-0.2, 0) is 65.4 Å². The van der Waals surface area contributed by atoms with Crippen molar-refractivity contribution >= 4 is 0 Å². The van der Waals surface area contributed by atoms with Crippen molar-refractivity contribution in [3.8, 4) is 0 Å². The summed E-state index contributed by atoms with van der Waals surface area (Å²) in [4.78, 5) is 0. The third kappa shape index (κ3) is 89.3. The molecule has 0 heterocycles. The van der Waals surface area contributed by atoms with Gasteiger partial charge in [-0.1, -0.05) is 0 Å². The number of rotatable bonds is 0. The Morgan fingerprint density at radius 2 is 1.00 bits per heavy atom. The van der Waals surface area contributed by atoms with Gasteiger partial charge in [0, 0.05) is 65.4 Å². The van der Waals surface area contributed by atoms with Crippen LogP contribution in [0.1, 0.15) is 13.8 Å². The second-order valence-corrected chi connectivity index (χ2v) is 1.02. The second-order valence-electron chi connectivity index (χ2n) is 1.02.